The number of nitrogens with two attached hydrogens (primary N) is 1. The molecule has 20 nitrogen and oxygen atoms in total. The topological polar surface area (TPSA) is 261 Å². The zero-order valence-electron chi connectivity index (χ0n) is 30.1. The molecule has 3 fully saturated rings. The van der Waals surface area contributed by atoms with Crippen LogP contribution in [0.3, 0.4) is 0 Å². The molecule has 5 aromatic rings. The second kappa shape index (κ2) is 16.2. The van der Waals surface area contributed by atoms with Gasteiger partial charge in [0.15, 0.2) is 30.1 Å². The highest BCUT2D eigenvalue weighted by Gasteiger charge is 2.53. The quantitative estimate of drug-likeness (QED) is 0.119. The SMILES string of the molecule is Cc1ccc(C(=O)Oc2ccc(CSP3(=O)OC[C@@H]4C[C@@H](OP(=O)(O)OC[C@H]5O[C@@H](n6ccc(=O)[nH]c6=O)[C@H](F)[C@@H]5O3)[C@H](n3cnc5c(N)ncnc53)O4)cc2)cc1. The predicted octanol–water partition coefficient (Wildman–Crippen LogP) is 3.97. The van der Waals surface area contributed by atoms with Crippen molar-refractivity contribution in [2.24, 2.45) is 0 Å². The summed E-state index contributed by atoms with van der Waals surface area (Å²) in [5, 5.41) is 0. The number of carbonyl (C=O) groups is 1. The van der Waals surface area contributed by atoms with E-state index in [-0.39, 0.29) is 34.9 Å². The number of phosphoric acid groups is 1. The summed E-state index contributed by atoms with van der Waals surface area (Å²) in [4.78, 5) is 62.3. The van der Waals surface area contributed by atoms with E-state index < -0.39 is 88.1 Å². The Kier molecular flexibility index (Phi) is 11.2. The van der Waals surface area contributed by atoms with E-state index in [0.29, 0.717) is 22.5 Å². The molecule has 58 heavy (non-hydrogen) atoms. The number of anilines is 1. The average molecular weight is 862 g/mol. The second-order valence-corrected chi connectivity index (χ2v) is 18.8. The summed E-state index contributed by atoms with van der Waals surface area (Å²) in [5.74, 6) is -0.254. The number of aryl methyl sites for hydroxylation is 1. The Morgan fingerprint density at radius 1 is 0.983 bits per heavy atom. The first-order chi connectivity index (χ1) is 27.7. The van der Waals surface area contributed by atoms with Crippen LogP contribution >= 0.6 is 26.0 Å². The average Bonchev–Trinajstić information content (AvgIpc) is 3.88. The number of carbonyl (C=O) groups excluding carboxylic acids is 1. The maximum absolute atomic E-state index is 16.4. The zero-order chi connectivity index (χ0) is 40.8. The van der Waals surface area contributed by atoms with Gasteiger partial charge in [0.25, 0.3) is 5.56 Å². The summed E-state index contributed by atoms with van der Waals surface area (Å²) in [5.41, 5.74) is 6.58. The van der Waals surface area contributed by atoms with Crippen LogP contribution < -0.4 is 21.7 Å². The van der Waals surface area contributed by atoms with Gasteiger partial charge in [-0.1, -0.05) is 29.8 Å². The second-order valence-electron chi connectivity index (χ2n) is 13.4. The number of imidazole rings is 1. The first-order valence-corrected chi connectivity index (χ1v) is 22.2. The molecule has 2 aromatic carbocycles. The van der Waals surface area contributed by atoms with E-state index in [1.807, 2.05) is 11.9 Å². The van der Waals surface area contributed by atoms with Gasteiger partial charge in [-0.2, -0.15) is 0 Å². The van der Waals surface area contributed by atoms with E-state index in [0.717, 1.165) is 22.4 Å². The van der Waals surface area contributed by atoms with Crippen molar-refractivity contribution in [3.05, 3.63) is 111 Å². The van der Waals surface area contributed by atoms with E-state index in [1.165, 1.54) is 17.2 Å². The number of alkyl halides is 1. The van der Waals surface area contributed by atoms with Crippen LogP contribution in [0.2, 0.25) is 0 Å². The maximum Gasteiger partial charge on any atom is 0.472 e. The molecule has 24 heteroatoms. The van der Waals surface area contributed by atoms with Gasteiger partial charge in [-0.25, -0.2) is 38.1 Å². The van der Waals surface area contributed by atoms with Crippen molar-refractivity contribution in [1.82, 2.24) is 29.1 Å². The van der Waals surface area contributed by atoms with E-state index in [1.54, 1.807) is 48.5 Å². The molecular formula is C34H34FN7O13P2S. The number of rotatable bonds is 7. The van der Waals surface area contributed by atoms with E-state index in [4.69, 9.17) is 38.0 Å². The number of nitrogen functional groups attached to an aromatic ring is 1. The lowest BCUT2D eigenvalue weighted by atomic mass is 10.1. The highest BCUT2D eigenvalue weighted by atomic mass is 32.7. The number of phosphoric ester groups is 1. The number of hydrogen-bond acceptors (Lipinski definition) is 17. The van der Waals surface area contributed by atoms with Gasteiger partial charge in [0.05, 0.1) is 31.2 Å². The molecule has 0 saturated carbocycles. The van der Waals surface area contributed by atoms with Crippen LogP contribution in [0.25, 0.3) is 11.2 Å². The number of nitrogens with one attached hydrogen (secondary N) is 1. The number of aromatic amines is 1. The molecule has 0 spiro atoms. The molecule has 3 aliphatic heterocycles. The van der Waals surface area contributed by atoms with Gasteiger partial charge in [0.1, 0.15) is 35.9 Å². The monoisotopic (exact) mass is 861 g/mol. The van der Waals surface area contributed by atoms with Crippen LogP contribution in [-0.4, -0.2) is 83.7 Å². The number of fused-ring (bicyclic) bond motifs is 4. The minimum absolute atomic E-state index is 0.0220. The Morgan fingerprint density at radius 2 is 1.76 bits per heavy atom. The summed E-state index contributed by atoms with van der Waals surface area (Å²) < 4.78 is 87.0. The molecule has 0 radical (unpaired) electrons. The first kappa shape index (κ1) is 40.2. The molecule has 0 amide bonds. The molecule has 2 bridgehead atoms. The lowest BCUT2D eigenvalue weighted by molar-refractivity contribution is -0.0640. The van der Waals surface area contributed by atoms with Gasteiger partial charge >= 0.3 is 26.3 Å². The Morgan fingerprint density at radius 3 is 2.52 bits per heavy atom. The standard InChI is InChI=1S/C34H34FN7O13P2S/c1-18-2-6-20(7-3-18)33(44)52-21-8-4-19(5-9-21)15-58-57(48)50-13-22-12-23(31(51-22)42-17-39-27-29(36)37-16-38-30(27)42)54-56(46,47)49-14-24-28(55-57)26(35)32(53-24)41-11-10-25(43)40-34(41)45/h2-11,16-17,22-24,26,28,31-32H,12-15H2,1H3,(H,46,47)(H2,36,37,38)(H,40,43,45)/t22-,23+,24+,26+,28+,31+,32+,57?/m0/s1. The molecule has 4 N–H and O–H groups in total. The Bertz CT molecular complexity index is 2540. The smallest absolute Gasteiger partial charge is 0.423 e. The summed E-state index contributed by atoms with van der Waals surface area (Å²) >= 11 is 0.695. The third kappa shape index (κ3) is 8.57. The molecular weight excluding hydrogens is 827 g/mol. The molecule has 3 saturated heterocycles. The lowest BCUT2D eigenvalue weighted by Crippen LogP contribution is -2.36. The van der Waals surface area contributed by atoms with Crippen LogP contribution in [0.1, 0.15) is 40.4 Å². The van der Waals surface area contributed by atoms with Gasteiger partial charge in [0.2, 0.25) is 0 Å². The van der Waals surface area contributed by atoms with Crippen molar-refractivity contribution in [2.75, 3.05) is 18.9 Å². The Hall–Kier alpha value is -4.60. The van der Waals surface area contributed by atoms with Crippen molar-refractivity contribution in [1.29, 1.82) is 0 Å². The predicted molar refractivity (Wildman–Crippen MR) is 201 cm³/mol. The van der Waals surface area contributed by atoms with Crippen molar-refractivity contribution >= 4 is 49.0 Å². The Labute approximate surface area is 330 Å². The number of aromatic nitrogens is 6. The molecule has 3 aliphatic rings. The molecule has 3 aromatic heterocycles. The molecule has 2 unspecified atom stereocenters. The third-order valence-electron chi connectivity index (χ3n) is 9.35. The fraction of sp³-hybridized carbons (Fsp3) is 0.353. The minimum atomic E-state index is -4.99. The number of benzene rings is 2. The normalized spacial score (nSPS) is 30.2. The zero-order valence-corrected chi connectivity index (χ0v) is 32.7. The fourth-order valence-corrected chi connectivity index (χ4v) is 10.8. The molecule has 8 rings (SSSR count). The summed E-state index contributed by atoms with van der Waals surface area (Å²) in [6.07, 6.45) is -7.22. The van der Waals surface area contributed by atoms with Crippen LogP contribution in [0.4, 0.5) is 10.2 Å². The number of ether oxygens (including phenoxy) is 3. The van der Waals surface area contributed by atoms with Crippen molar-refractivity contribution in [3.63, 3.8) is 0 Å². The van der Waals surface area contributed by atoms with Gasteiger partial charge in [0, 0.05) is 24.4 Å². The van der Waals surface area contributed by atoms with Gasteiger partial charge in [-0.3, -0.25) is 37.0 Å². The van der Waals surface area contributed by atoms with Crippen molar-refractivity contribution < 1.29 is 55.5 Å². The third-order valence-corrected chi connectivity index (χ3v) is 14.0. The highest BCUT2D eigenvalue weighted by Crippen LogP contribution is 2.64. The number of hydrogen-bond donors (Lipinski definition) is 3. The minimum Gasteiger partial charge on any atom is -0.423 e. The molecule has 9 atom stereocenters. The number of nitrogens with zero attached hydrogens (tertiary/aromatic N) is 5. The van der Waals surface area contributed by atoms with Gasteiger partial charge in [-0.15, -0.1) is 0 Å². The molecule has 0 aliphatic carbocycles. The van der Waals surface area contributed by atoms with Crippen molar-refractivity contribution in [3.8, 4) is 5.75 Å². The number of halogens is 1. The fourth-order valence-electron chi connectivity index (χ4n) is 6.48. The summed E-state index contributed by atoms with van der Waals surface area (Å²) in [6, 6.07) is 14.2. The van der Waals surface area contributed by atoms with Crippen LogP contribution in [-0.2, 0) is 42.5 Å². The molecule has 6 heterocycles. The van der Waals surface area contributed by atoms with Crippen LogP contribution in [0, 0.1) is 6.92 Å². The van der Waals surface area contributed by atoms with E-state index >= 15 is 4.39 Å². The molecule has 306 valence electrons. The maximum atomic E-state index is 16.4. The van der Waals surface area contributed by atoms with Gasteiger partial charge < -0.3 is 24.8 Å². The van der Waals surface area contributed by atoms with Crippen LogP contribution in [0.15, 0.2) is 83.0 Å². The summed E-state index contributed by atoms with van der Waals surface area (Å²) in [7, 11) is -4.99. The van der Waals surface area contributed by atoms with Crippen molar-refractivity contribution in [2.45, 2.75) is 62.1 Å². The van der Waals surface area contributed by atoms with Gasteiger partial charge in [-0.05, 0) is 48.1 Å². The van der Waals surface area contributed by atoms with Crippen LogP contribution in [0.5, 0.6) is 5.75 Å². The number of H-pyrrole nitrogens is 1. The Balaban J connectivity index is 1.06. The first-order valence-electron chi connectivity index (χ1n) is 17.5. The highest BCUT2D eigenvalue weighted by molar-refractivity contribution is 8.54. The lowest BCUT2D eigenvalue weighted by Gasteiger charge is -2.27. The largest absolute Gasteiger partial charge is 0.472 e. The van der Waals surface area contributed by atoms with E-state index in [9.17, 15) is 28.4 Å². The number of esters is 1. The summed E-state index contributed by atoms with van der Waals surface area (Å²) in [6.45, 7) is -3.85. The van der Waals surface area contributed by atoms with E-state index in [2.05, 4.69) is 15.0 Å².